The van der Waals surface area contributed by atoms with Gasteiger partial charge in [0.05, 0.1) is 11.7 Å². The van der Waals surface area contributed by atoms with Crippen LogP contribution in [0.5, 0.6) is 0 Å². The van der Waals surface area contributed by atoms with E-state index in [2.05, 4.69) is 68.4 Å². The first kappa shape index (κ1) is 15.6. The molecular weight excluding hydrogens is 280 g/mol. The number of furan rings is 1. The average molecular weight is 303 g/mol. The van der Waals surface area contributed by atoms with Crippen molar-refractivity contribution in [2.24, 2.45) is 5.92 Å². The highest BCUT2D eigenvalue weighted by atomic mass is 16.3. The summed E-state index contributed by atoms with van der Waals surface area (Å²) >= 11 is 0. The van der Waals surface area contributed by atoms with Gasteiger partial charge >= 0.3 is 0 Å². The van der Waals surface area contributed by atoms with Gasteiger partial charge in [0.15, 0.2) is 0 Å². The van der Waals surface area contributed by atoms with Crippen molar-refractivity contribution in [1.29, 1.82) is 0 Å². The Hall–Kier alpha value is -2.28. The van der Waals surface area contributed by atoms with E-state index in [1.54, 1.807) is 6.26 Å². The third kappa shape index (κ3) is 2.96. The summed E-state index contributed by atoms with van der Waals surface area (Å²) in [6.07, 6.45) is 3.80. The van der Waals surface area contributed by atoms with Crippen molar-refractivity contribution < 1.29 is 4.42 Å². The summed E-state index contributed by atoms with van der Waals surface area (Å²) in [6.45, 7) is 4.57. The Bertz CT molecular complexity index is 700. The van der Waals surface area contributed by atoms with Crippen LogP contribution < -0.4 is 0 Å². The molecule has 1 radical (unpaired) electrons. The van der Waals surface area contributed by atoms with Gasteiger partial charge in [-0.05, 0) is 41.7 Å². The molecule has 2 unspecified atom stereocenters. The fourth-order valence-corrected chi connectivity index (χ4v) is 3.52. The second kappa shape index (κ2) is 6.87. The molecule has 0 spiro atoms. The van der Waals surface area contributed by atoms with E-state index in [0.717, 1.165) is 18.6 Å². The van der Waals surface area contributed by atoms with Crippen molar-refractivity contribution in [2.45, 2.75) is 32.1 Å². The average Bonchev–Trinajstić information content (AvgIpc) is 3.15. The van der Waals surface area contributed by atoms with Gasteiger partial charge in [-0.25, -0.2) is 0 Å². The van der Waals surface area contributed by atoms with E-state index in [0.29, 0.717) is 5.92 Å². The highest BCUT2D eigenvalue weighted by Gasteiger charge is 2.41. The normalized spacial score (nSPS) is 15.0. The molecule has 0 saturated carbocycles. The zero-order valence-electron chi connectivity index (χ0n) is 13.8. The van der Waals surface area contributed by atoms with E-state index in [-0.39, 0.29) is 5.41 Å². The third-order valence-electron chi connectivity index (χ3n) is 4.97. The summed E-state index contributed by atoms with van der Waals surface area (Å²) in [5.74, 6) is 1.50. The highest BCUT2D eigenvalue weighted by molar-refractivity contribution is 5.38. The SMILES string of the molecule is CCC(C)C(Cc1ccccc1)(c1cc[c]cc1)c1ccco1. The summed E-state index contributed by atoms with van der Waals surface area (Å²) in [4.78, 5) is 0. The molecule has 2 aromatic carbocycles. The molecule has 2 atom stereocenters. The van der Waals surface area contributed by atoms with Crippen molar-refractivity contribution in [2.75, 3.05) is 0 Å². The number of hydrogen-bond acceptors (Lipinski definition) is 1. The zero-order chi connectivity index (χ0) is 16.1. The molecule has 0 aliphatic carbocycles. The molecule has 3 aromatic rings. The topological polar surface area (TPSA) is 13.1 Å². The Morgan fingerprint density at radius 3 is 2.35 bits per heavy atom. The lowest BCUT2D eigenvalue weighted by molar-refractivity contribution is 0.275. The number of rotatable bonds is 6. The standard InChI is InChI=1S/C22H23O/c1-3-18(2)22(21-15-10-16-23-21,20-13-8-5-9-14-20)17-19-11-6-4-7-12-19/h4,6-16,18H,3,17H2,1-2H3. The van der Waals surface area contributed by atoms with Crippen LogP contribution in [0.4, 0.5) is 0 Å². The van der Waals surface area contributed by atoms with Crippen LogP contribution in [0.1, 0.15) is 37.2 Å². The molecule has 117 valence electrons. The summed E-state index contributed by atoms with van der Waals surface area (Å²) in [5, 5.41) is 0. The molecule has 23 heavy (non-hydrogen) atoms. The van der Waals surface area contributed by atoms with Gasteiger partial charge < -0.3 is 4.42 Å². The lowest BCUT2D eigenvalue weighted by Gasteiger charge is -2.38. The molecule has 0 aliphatic heterocycles. The maximum Gasteiger partial charge on any atom is 0.114 e. The van der Waals surface area contributed by atoms with E-state index in [1.165, 1.54) is 11.1 Å². The quantitative estimate of drug-likeness (QED) is 0.573. The first-order chi connectivity index (χ1) is 11.3. The van der Waals surface area contributed by atoms with Crippen LogP contribution in [0.15, 0.2) is 77.4 Å². The Labute approximate surface area is 139 Å². The van der Waals surface area contributed by atoms with Gasteiger partial charge in [-0.2, -0.15) is 0 Å². The van der Waals surface area contributed by atoms with E-state index in [1.807, 2.05) is 18.2 Å². The Balaban J connectivity index is 2.18. The minimum atomic E-state index is -0.158. The lowest BCUT2D eigenvalue weighted by Crippen LogP contribution is -2.37. The van der Waals surface area contributed by atoms with Gasteiger partial charge in [0.25, 0.3) is 0 Å². The second-order valence-corrected chi connectivity index (χ2v) is 6.21. The van der Waals surface area contributed by atoms with Crippen molar-refractivity contribution in [3.8, 4) is 0 Å². The Morgan fingerprint density at radius 2 is 1.74 bits per heavy atom. The predicted molar refractivity (Wildman–Crippen MR) is 94.4 cm³/mol. The second-order valence-electron chi connectivity index (χ2n) is 6.21. The van der Waals surface area contributed by atoms with Crippen LogP contribution in [-0.4, -0.2) is 0 Å². The molecule has 0 saturated heterocycles. The van der Waals surface area contributed by atoms with Crippen molar-refractivity contribution in [3.05, 3.63) is 95.9 Å². The van der Waals surface area contributed by atoms with Crippen molar-refractivity contribution in [1.82, 2.24) is 0 Å². The molecule has 1 nitrogen and oxygen atoms in total. The van der Waals surface area contributed by atoms with E-state index < -0.39 is 0 Å². The lowest BCUT2D eigenvalue weighted by atomic mass is 9.65. The maximum absolute atomic E-state index is 5.94. The van der Waals surface area contributed by atoms with Crippen LogP contribution in [0.25, 0.3) is 0 Å². The minimum absolute atomic E-state index is 0.158. The molecule has 0 N–H and O–H groups in total. The van der Waals surface area contributed by atoms with Crippen LogP contribution >= 0.6 is 0 Å². The smallest absolute Gasteiger partial charge is 0.114 e. The minimum Gasteiger partial charge on any atom is -0.468 e. The molecule has 0 aliphatic rings. The molecule has 3 rings (SSSR count). The third-order valence-corrected chi connectivity index (χ3v) is 4.97. The number of hydrogen-bond donors (Lipinski definition) is 0. The van der Waals surface area contributed by atoms with Gasteiger partial charge in [0, 0.05) is 0 Å². The van der Waals surface area contributed by atoms with Gasteiger partial charge in [0.1, 0.15) is 5.76 Å². The van der Waals surface area contributed by atoms with Crippen LogP contribution in [-0.2, 0) is 11.8 Å². The summed E-state index contributed by atoms with van der Waals surface area (Å²) < 4.78 is 5.94. The summed E-state index contributed by atoms with van der Waals surface area (Å²) in [6, 6.07) is 26.3. The highest BCUT2D eigenvalue weighted by Crippen LogP contribution is 2.43. The largest absolute Gasteiger partial charge is 0.468 e. The van der Waals surface area contributed by atoms with Gasteiger partial charge in [-0.3, -0.25) is 0 Å². The summed E-state index contributed by atoms with van der Waals surface area (Å²) in [7, 11) is 0. The van der Waals surface area contributed by atoms with E-state index in [4.69, 9.17) is 4.42 Å². The first-order valence-electron chi connectivity index (χ1n) is 8.32. The molecule has 0 amide bonds. The first-order valence-corrected chi connectivity index (χ1v) is 8.32. The summed E-state index contributed by atoms with van der Waals surface area (Å²) in [5.41, 5.74) is 2.47. The van der Waals surface area contributed by atoms with Crippen LogP contribution in [0.3, 0.4) is 0 Å². The zero-order valence-corrected chi connectivity index (χ0v) is 13.8. The predicted octanol–water partition coefficient (Wildman–Crippen LogP) is 5.65. The molecule has 1 aromatic heterocycles. The molecule has 1 heteroatoms. The molecule has 0 bridgehead atoms. The van der Waals surface area contributed by atoms with E-state index in [9.17, 15) is 0 Å². The fraction of sp³-hybridized carbons (Fsp3) is 0.273. The monoisotopic (exact) mass is 303 g/mol. The van der Waals surface area contributed by atoms with E-state index >= 15 is 0 Å². The van der Waals surface area contributed by atoms with Gasteiger partial charge in [-0.1, -0.05) is 74.9 Å². The fourth-order valence-electron chi connectivity index (χ4n) is 3.52. The molecule has 0 fully saturated rings. The Kier molecular flexibility index (Phi) is 4.66. The van der Waals surface area contributed by atoms with Crippen LogP contribution in [0, 0.1) is 12.0 Å². The van der Waals surface area contributed by atoms with Gasteiger partial charge in [-0.15, -0.1) is 0 Å². The van der Waals surface area contributed by atoms with Crippen LogP contribution in [0.2, 0.25) is 0 Å². The molecule has 1 heterocycles. The molecular formula is C22H23O. The maximum atomic E-state index is 5.94. The van der Waals surface area contributed by atoms with Crippen molar-refractivity contribution in [3.63, 3.8) is 0 Å². The number of benzene rings is 2. The van der Waals surface area contributed by atoms with Crippen molar-refractivity contribution >= 4 is 0 Å². The van der Waals surface area contributed by atoms with Gasteiger partial charge in [0.2, 0.25) is 0 Å². The Morgan fingerprint density at radius 1 is 1.00 bits per heavy atom.